The fourth-order valence-corrected chi connectivity index (χ4v) is 3.49. The van der Waals surface area contributed by atoms with Crippen molar-refractivity contribution in [1.29, 1.82) is 0 Å². The molecule has 1 atom stereocenters. The van der Waals surface area contributed by atoms with Gasteiger partial charge in [0.15, 0.2) is 0 Å². The predicted molar refractivity (Wildman–Crippen MR) is 61.9 cm³/mol. The van der Waals surface area contributed by atoms with Crippen molar-refractivity contribution in [1.82, 2.24) is 0 Å². The molecule has 2 rings (SSSR count). The minimum absolute atomic E-state index is 0.183. The average molecular weight is 245 g/mol. The van der Waals surface area contributed by atoms with E-state index < -0.39 is 0 Å². The summed E-state index contributed by atoms with van der Waals surface area (Å²) < 4.78 is 5.34. The van der Waals surface area contributed by atoms with Crippen LogP contribution < -0.4 is 0 Å². The number of ketones is 1. The lowest BCUT2D eigenvalue weighted by Gasteiger charge is -2.03. The van der Waals surface area contributed by atoms with E-state index in [1.54, 1.807) is 18.3 Å². The van der Waals surface area contributed by atoms with Gasteiger partial charge in [0, 0.05) is 28.7 Å². The Morgan fingerprint density at radius 3 is 3.13 bits per heavy atom. The normalized spacial score (nSPS) is 20.8. The second-order valence-electron chi connectivity index (χ2n) is 3.86. The Hall–Kier alpha value is -0.380. The lowest BCUT2D eigenvalue weighted by atomic mass is 10.1. The number of hydrogen-bond donors (Lipinski definition) is 0. The number of Topliss-reactive ketones (excluding diaryl/α,β-unsaturated/α-hetero) is 1. The van der Waals surface area contributed by atoms with Crippen LogP contribution in [0.1, 0.15) is 29.0 Å². The highest BCUT2D eigenvalue weighted by atomic mass is 35.5. The highest BCUT2D eigenvalue weighted by molar-refractivity contribution is 7.12. The first-order chi connectivity index (χ1) is 7.16. The molecule has 1 fully saturated rings. The third kappa shape index (κ3) is 2.60. The molecule has 1 saturated heterocycles. The maximum absolute atomic E-state index is 11.0. The van der Waals surface area contributed by atoms with Gasteiger partial charge in [0.2, 0.25) is 0 Å². The van der Waals surface area contributed by atoms with Gasteiger partial charge in [-0.1, -0.05) is 11.6 Å². The standard InChI is InChI=1S/C11H13ClO2S/c1-7(13)4-9-5-10(12)11(15-9)8-2-3-14-6-8/h5,8H,2-4,6H2,1H3. The maximum atomic E-state index is 11.0. The fourth-order valence-electron chi connectivity index (χ4n) is 1.78. The van der Waals surface area contributed by atoms with Crippen LogP contribution in [0.2, 0.25) is 5.02 Å². The van der Waals surface area contributed by atoms with Gasteiger partial charge in [-0.3, -0.25) is 4.79 Å². The van der Waals surface area contributed by atoms with E-state index in [9.17, 15) is 4.79 Å². The smallest absolute Gasteiger partial charge is 0.135 e. The summed E-state index contributed by atoms with van der Waals surface area (Å²) in [6.45, 7) is 3.19. The van der Waals surface area contributed by atoms with Crippen LogP contribution in [-0.2, 0) is 16.0 Å². The molecule has 0 amide bonds. The highest BCUT2D eigenvalue weighted by Crippen LogP contribution is 2.37. The van der Waals surface area contributed by atoms with Gasteiger partial charge in [0.05, 0.1) is 11.6 Å². The molecule has 0 spiro atoms. The molecule has 1 aliphatic heterocycles. The monoisotopic (exact) mass is 244 g/mol. The van der Waals surface area contributed by atoms with Crippen LogP contribution in [0.15, 0.2) is 6.07 Å². The summed E-state index contributed by atoms with van der Waals surface area (Å²) in [6, 6.07) is 1.92. The number of rotatable bonds is 3. The van der Waals surface area contributed by atoms with Crippen LogP contribution in [0, 0.1) is 0 Å². The van der Waals surface area contributed by atoms with E-state index in [1.807, 2.05) is 6.07 Å². The Labute approximate surface area is 98.2 Å². The second kappa shape index (κ2) is 4.64. The zero-order valence-electron chi connectivity index (χ0n) is 8.59. The Balaban J connectivity index is 2.17. The van der Waals surface area contributed by atoms with Crippen LogP contribution in [0.3, 0.4) is 0 Å². The summed E-state index contributed by atoms with van der Waals surface area (Å²) in [5.74, 6) is 0.616. The molecule has 1 aromatic heterocycles. The summed E-state index contributed by atoms with van der Waals surface area (Å²) in [4.78, 5) is 13.2. The van der Waals surface area contributed by atoms with Crippen LogP contribution in [0.25, 0.3) is 0 Å². The first-order valence-corrected chi connectivity index (χ1v) is 6.21. The van der Waals surface area contributed by atoms with Gasteiger partial charge in [0.1, 0.15) is 5.78 Å². The van der Waals surface area contributed by atoms with Crippen molar-refractivity contribution < 1.29 is 9.53 Å². The number of ether oxygens (including phenoxy) is 1. The van der Waals surface area contributed by atoms with E-state index in [0.29, 0.717) is 12.3 Å². The van der Waals surface area contributed by atoms with Gasteiger partial charge in [-0.2, -0.15) is 0 Å². The van der Waals surface area contributed by atoms with Crippen molar-refractivity contribution >= 4 is 28.7 Å². The van der Waals surface area contributed by atoms with Crippen LogP contribution in [0.5, 0.6) is 0 Å². The molecular formula is C11H13ClO2S. The molecule has 1 aliphatic rings. The van der Waals surface area contributed by atoms with E-state index in [4.69, 9.17) is 16.3 Å². The lowest BCUT2D eigenvalue weighted by molar-refractivity contribution is -0.116. The van der Waals surface area contributed by atoms with Crippen molar-refractivity contribution in [2.45, 2.75) is 25.7 Å². The van der Waals surface area contributed by atoms with E-state index in [1.165, 1.54) is 4.88 Å². The van der Waals surface area contributed by atoms with Crippen molar-refractivity contribution in [3.05, 3.63) is 20.8 Å². The van der Waals surface area contributed by atoms with Gasteiger partial charge in [0.25, 0.3) is 0 Å². The molecule has 1 aromatic rings. The molecule has 0 N–H and O–H groups in total. The number of hydrogen-bond acceptors (Lipinski definition) is 3. The van der Waals surface area contributed by atoms with Gasteiger partial charge in [-0.25, -0.2) is 0 Å². The third-order valence-electron chi connectivity index (χ3n) is 2.49. The predicted octanol–water partition coefficient (Wildman–Crippen LogP) is 3.04. The van der Waals surface area contributed by atoms with E-state index in [-0.39, 0.29) is 5.78 Å². The quantitative estimate of drug-likeness (QED) is 0.817. The molecular weight excluding hydrogens is 232 g/mol. The van der Waals surface area contributed by atoms with Gasteiger partial charge >= 0.3 is 0 Å². The van der Waals surface area contributed by atoms with Crippen LogP contribution in [-0.4, -0.2) is 19.0 Å². The summed E-state index contributed by atoms with van der Waals surface area (Å²) in [5, 5.41) is 0.798. The molecule has 2 heterocycles. The first-order valence-electron chi connectivity index (χ1n) is 5.02. The SMILES string of the molecule is CC(=O)Cc1cc(Cl)c(C2CCOC2)s1. The van der Waals surface area contributed by atoms with E-state index >= 15 is 0 Å². The average Bonchev–Trinajstić information content (AvgIpc) is 2.72. The molecule has 15 heavy (non-hydrogen) atoms. The maximum Gasteiger partial charge on any atom is 0.135 e. The van der Waals surface area contributed by atoms with Gasteiger partial charge in [-0.15, -0.1) is 11.3 Å². The minimum atomic E-state index is 0.183. The molecule has 0 bridgehead atoms. The Morgan fingerprint density at radius 2 is 2.53 bits per heavy atom. The van der Waals surface area contributed by atoms with Crippen molar-refractivity contribution in [3.8, 4) is 0 Å². The highest BCUT2D eigenvalue weighted by Gasteiger charge is 2.22. The number of carbonyl (C=O) groups excluding carboxylic acids is 1. The van der Waals surface area contributed by atoms with Gasteiger partial charge < -0.3 is 4.74 Å². The zero-order chi connectivity index (χ0) is 10.8. The number of carbonyl (C=O) groups is 1. The van der Waals surface area contributed by atoms with Crippen molar-refractivity contribution in [3.63, 3.8) is 0 Å². The molecule has 0 aliphatic carbocycles. The summed E-state index contributed by atoms with van der Waals surface area (Å²) in [5.41, 5.74) is 0. The molecule has 0 aromatic carbocycles. The number of thiophene rings is 1. The van der Waals surface area contributed by atoms with Crippen LogP contribution in [0.4, 0.5) is 0 Å². The lowest BCUT2D eigenvalue weighted by Crippen LogP contribution is -1.94. The van der Waals surface area contributed by atoms with Crippen LogP contribution >= 0.6 is 22.9 Å². The fraction of sp³-hybridized carbons (Fsp3) is 0.545. The zero-order valence-corrected chi connectivity index (χ0v) is 10.2. The van der Waals surface area contributed by atoms with E-state index in [0.717, 1.165) is 29.5 Å². The molecule has 82 valence electrons. The van der Waals surface area contributed by atoms with Crippen molar-refractivity contribution in [2.24, 2.45) is 0 Å². The second-order valence-corrected chi connectivity index (χ2v) is 5.44. The summed E-state index contributed by atoms with van der Waals surface area (Å²) in [6.07, 6.45) is 1.54. The summed E-state index contributed by atoms with van der Waals surface area (Å²) in [7, 11) is 0. The molecule has 2 nitrogen and oxygen atoms in total. The Kier molecular flexibility index (Phi) is 3.44. The Bertz CT molecular complexity index is 367. The minimum Gasteiger partial charge on any atom is -0.381 e. The van der Waals surface area contributed by atoms with Crippen molar-refractivity contribution in [2.75, 3.05) is 13.2 Å². The first kappa shape index (κ1) is 11.1. The number of halogens is 1. The molecule has 4 heteroatoms. The van der Waals surface area contributed by atoms with E-state index in [2.05, 4.69) is 0 Å². The van der Waals surface area contributed by atoms with Gasteiger partial charge in [-0.05, 0) is 19.4 Å². The Morgan fingerprint density at radius 1 is 1.73 bits per heavy atom. The molecule has 0 radical (unpaired) electrons. The molecule has 0 saturated carbocycles. The largest absolute Gasteiger partial charge is 0.381 e. The molecule has 1 unspecified atom stereocenters. The summed E-state index contributed by atoms with van der Waals surface area (Å²) >= 11 is 7.80. The third-order valence-corrected chi connectivity index (χ3v) is 4.21. The topological polar surface area (TPSA) is 26.3 Å².